The van der Waals surface area contributed by atoms with Gasteiger partial charge in [-0.25, -0.2) is 9.59 Å². The molecule has 1 unspecified atom stereocenters. The van der Waals surface area contributed by atoms with Gasteiger partial charge in [-0.2, -0.15) is 0 Å². The van der Waals surface area contributed by atoms with Crippen LogP contribution in [0.15, 0.2) is 36.4 Å². The Morgan fingerprint density at radius 2 is 1.89 bits per heavy atom. The Bertz CT molecular complexity index is 475. The summed E-state index contributed by atoms with van der Waals surface area (Å²) in [5, 5.41) is 9.09. The van der Waals surface area contributed by atoms with E-state index in [0.29, 0.717) is 5.56 Å². The molecule has 0 amide bonds. The van der Waals surface area contributed by atoms with E-state index < -0.39 is 18.0 Å². The Morgan fingerprint density at radius 3 is 2.42 bits per heavy atom. The lowest BCUT2D eigenvalue weighted by atomic mass is 10.2. The van der Waals surface area contributed by atoms with Gasteiger partial charge in [0.15, 0.2) is 0 Å². The number of phenols is 1. The van der Waals surface area contributed by atoms with E-state index in [2.05, 4.69) is 6.58 Å². The number of hydrogen-bond acceptors (Lipinski definition) is 5. The number of rotatable bonds is 5. The van der Waals surface area contributed by atoms with Gasteiger partial charge in [0, 0.05) is 5.57 Å². The van der Waals surface area contributed by atoms with Gasteiger partial charge in [0.05, 0.1) is 5.56 Å². The molecule has 0 aliphatic rings. The zero-order valence-corrected chi connectivity index (χ0v) is 10.9. The predicted molar refractivity (Wildman–Crippen MR) is 68.8 cm³/mol. The van der Waals surface area contributed by atoms with Gasteiger partial charge in [-0.05, 0) is 38.1 Å². The highest BCUT2D eigenvalue weighted by molar-refractivity contribution is 5.89. The molecule has 0 bridgehead atoms. The highest BCUT2D eigenvalue weighted by Gasteiger charge is 2.13. The predicted octanol–water partition coefficient (Wildman–Crippen LogP) is 2.06. The van der Waals surface area contributed by atoms with Crippen LogP contribution in [-0.2, 0) is 14.3 Å². The van der Waals surface area contributed by atoms with E-state index in [0.717, 1.165) is 0 Å². The normalized spacial score (nSPS) is 11.5. The molecule has 19 heavy (non-hydrogen) atoms. The first-order chi connectivity index (χ1) is 8.90. The molecule has 0 spiro atoms. The van der Waals surface area contributed by atoms with Crippen molar-refractivity contribution in [3.8, 4) is 5.75 Å². The topological polar surface area (TPSA) is 72.8 Å². The Hall–Kier alpha value is -2.30. The molecule has 0 heterocycles. The smallest absolute Gasteiger partial charge is 0.338 e. The van der Waals surface area contributed by atoms with E-state index in [1.165, 1.54) is 31.2 Å². The van der Waals surface area contributed by atoms with Gasteiger partial charge in [0.2, 0.25) is 0 Å². The molecule has 0 aliphatic carbocycles. The Balaban J connectivity index is 2.44. The maximum Gasteiger partial charge on any atom is 0.338 e. The molecule has 1 atom stereocenters. The van der Waals surface area contributed by atoms with Gasteiger partial charge in [-0.15, -0.1) is 0 Å². The summed E-state index contributed by atoms with van der Waals surface area (Å²) in [6, 6.07) is 5.67. The van der Waals surface area contributed by atoms with Gasteiger partial charge in [0.1, 0.15) is 18.5 Å². The lowest BCUT2D eigenvalue weighted by Crippen LogP contribution is -2.22. The molecule has 1 aromatic carbocycles. The van der Waals surface area contributed by atoms with Crippen molar-refractivity contribution in [3.63, 3.8) is 0 Å². The van der Waals surface area contributed by atoms with Crippen LogP contribution in [0.25, 0.3) is 0 Å². The van der Waals surface area contributed by atoms with Crippen LogP contribution in [0.5, 0.6) is 5.75 Å². The van der Waals surface area contributed by atoms with E-state index in [1.807, 2.05) is 0 Å². The average molecular weight is 264 g/mol. The minimum absolute atomic E-state index is 0.0429. The maximum absolute atomic E-state index is 11.6. The monoisotopic (exact) mass is 264 g/mol. The maximum atomic E-state index is 11.6. The van der Waals surface area contributed by atoms with Crippen LogP contribution in [0.4, 0.5) is 0 Å². The number of esters is 2. The SMILES string of the molecule is C=C(C)C(=O)OC(C)COC(=O)c1ccc(O)cc1. The second kappa shape index (κ2) is 6.58. The highest BCUT2D eigenvalue weighted by Crippen LogP contribution is 2.11. The fourth-order valence-electron chi connectivity index (χ4n) is 1.19. The van der Waals surface area contributed by atoms with Crippen LogP contribution >= 0.6 is 0 Å². The summed E-state index contributed by atoms with van der Waals surface area (Å²) in [6.07, 6.45) is -0.551. The quantitative estimate of drug-likeness (QED) is 0.651. The van der Waals surface area contributed by atoms with Crippen LogP contribution in [-0.4, -0.2) is 29.8 Å². The van der Waals surface area contributed by atoms with Crippen LogP contribution in [0.3, 0.4) is 0 Å². The van der Waals surface area contributed by atoms with Crippen LogP contribution in [0.1, 0.15) is 24.2 Å². The summed E-state index contributed by atoms with van der Waals surface area (Å²) in [5.41, 5.74) is 0.605. The summed E-state index contributed by atoms with van der Waals surface area (Å²) in [6.45, 7) is 6.57. The third-order valence-corrected chi connectivity index (χ3v) is 2.21. The second-order valence-electron chi connectivity index (χ2n) is 4.14. The first-order valence-corrected chi connectivity index (χ1v) is 5.72. The Labute approximate surface area is 111 Å². The number of phenolic OH excluding ortho intramolecular Hbond substituents is 1. The minimum atomic E-state index is -0.551. The Kier molecular flexibility index (Phi) is 5.11. The standard InChI is InChI=1S/C14H16O5/c1-9(2)13(16)19-10(3)8-18-14(17)11-4-6-12(15)7-5-11/h4-7,10,15H,1,8H2,2-3H3. The van der Waals surface area contributed by atoms with Gasteiger partial charge < -0.3 is 14.6 Å². The van der Waals surface area contributed by atoms with Crippen molar-refractivity contribution in [3.05, 3.63) is 42.0 Å². The summed E-state index contributed by atoms with van der Waals surface area (Å²) in [5.74, 6) is -0.994. The van der Waals surface area contributed by atoms with E-state index in [9.17, 15) is 9.59 Å². The van der Waals surface area contributed by atoms with Gasteiger partial charge in [0.25, 0.3) is 0 Å². The molecular formula is C14H16O5. The number of carbonyl (C=O) groups excluding carboxylic acids is 2. The van der Waals surface area contributed by atoms with E-state index in [4.69, 9.17) is 14.6 Å². The first-order valence-electron chi connectivity index (χ1n) is 5.72. The second-order valence-corrected chi connectivity index (χ2v) is 4.14. The molecule has 5 nitrogen and oxygen atoms in total. The summed E-state index contributed by atoms with van der Waals surface area (Å²) in [7, 11) is 0. The molecule has 5 heteroatoms. The molecule has 0 radical (unpaired) electrons. The largest absolute Gasteiger partial charge is 0.508 e. The molecule has 1 aromatic rings. The first kappa shape index (κ1) is 14.8. The van der Waals surface area contributed by atoms with Crippen molar-refractivity contribution in [1.82, 2.24) is 0 Å². The molecule has 102 valence electrons. The van der Waals surface area contributed by atoms with Crippen molar-refractivity contribution >= 4 is 11.9 Å². The number of benzene rings is 1. The summed E-state index contributed by atoms with van der Waals surface area (Å²) < 4.78 is 9.94. The summed E-state index contributed by atoms with van der Waals surface area (Å²) in [4.78, 5) is 22.8. The van der Waals surface area contributed by atoms with Crippen molar-refractivity contribution in [2.24, 2.45) is 0 Å². The van der Waals surface area contributed by atoms with Crippen molar-refractivity contribution in [2.75, 3.05) is 6.61 Å². The van der Waals surface area contributed by atoms with Crippen LogP contribution in [0, 0.1) is 0 Å². The molecule has 0 fully saturated rings. The van der Waals surface area contributed by atoms with Crippen LogP contribution in [0.2, 0.25) is 0 Å². The molecule has 1 rings (SSSR count). The number of carbonyl (C=O) groups is 2. The fraction of sp³-hybridized carbons (Fsp3) is 0.286. The molecule has 0 saturated carbocycles. The van der Waals surface area contributed by atoms with Crippen molar-refractivity contribution < 1.29 is 24.2 Å². The fourth-order valence-corrected chi connectivity index (χ4v) is 1.19. The highest BCUT2D eigenvalue weighted by atomic mass is 16.6. The van der Waals surface area contributed by atoms with Gasteiger partial charge in [-0.1, -0.05) is 6.58 Å². The zero-order valence-electron chi connectivity index (χ0n) is 10.9. The van der Waals surface area contributed by atoms with Gasteiger partial charge >= 0.3 is 11.9 Å². The number of aromatic hydroxyl groups is 1. The third kappa shape index (κ3) is 4.83. The average Bonchev–Trinajstić information content (AvgIpc) is 2.36. The number of hydrogen-bond donors (Lipinski definition) is 1. The number of ether oxygens (including phenoxy) is 2. The lowest BCUT2D eigenvalue weighted by Gasteiger charge is -2.13. The molecule has 1 N–H and O–H groups in total. The zero-order chi connectivity index (χ0) is 14.4. The van der Waals surface area contributed by atoms with Gasteiger partial charge in [-0.3, -0.25) is 0 Å². The van der Waals surface area contributed by atoms with Crippen molar-refractivity contribution in [2.45, 2.75) is 20.0 Å². The Morgan fingerprint density at radius 1 is 1.32 bits per heavy atom. The molecule has 0 aliphatic heterocycles. The van der Waals surface area contributed by atoms with E-state index in [-0.39, 0.29) is 17.9 Å². The molecule has 0 saturated heterocycles. The van der Waals surface area contributed by atoms with Crippen LogP contribution < -0.4 is 0 Å². The minimum Gasteiger partial charge on any atom is -0.508 e. The lowest BCUT2D eigenvalue weighted by molar-refractivity contribution is -0.145. The molecular weight excluding hydrogens is 248 g/mol. The van der Waals surface area contributed by atoms with E-state index >= 15 is 0 Å². The third-order valence-electron chi connectivity index (χ3n) is 2.21. The van der Waals surface area contributed by atoms with E-state index in [1.54, 1.807) is 6.92 Å². The van der Waals surface area contributed by atoms with Crippen molar-refractivity contribution in [1.29, 1.82) is 0 Å². The summed E-state index contributed by atoms with van der Waals surface area (Å²) >= 11 is 0. The molecule has 0 aromatic heterocycles.